The van der Waals surface area contributed by atoms with Crippen LogP contribution in [0.2, 0.25) is 0 Å². The van der Waals surface area contributed by atoms with Crippen LogP contribution in [0.5, 0.6) is 0 Å². The van der Waals surface area contributed by atoms with E-state index >= 15 is 0 Å². The third-order valence-electron chi connectivity index (χ3n) is 15.5. The molecule has 0 aliphatic heterocycles. The van der Waals surface area contributed by atoms with E-state index in [1.807, 2.05) is 0 Å². The van der Waals surface area contributed by atoms with Gasteiger partial charge < -0.3 is 14.2 Å². The number of rotatable bonds is 64. The fraction of sp³-hybridized carbons (Fsp3) is 0.797. The van der Waals surface area contributed by atoms with Gasteiger partial charge in [0.1, 0.15) is 13.2 Å². The Morgan fingerprint density at radius 3 is 0.762 bits per heavy atom. The molecule has 80 heavy (non-hydrogen) atoms. The molecule has 0 saturated carbocycles. The molecule has 6 nitrogen and oxygen atoms in total. The van der Waals surface area contributed by atoms with Gasteiger partial charge in [0.25, 0.3) is 0 Å². The third-order valence-corrected chi connectivity index (χ3v) is 15.5. The lowest BCUT2D eigenvalue weighted by Gasteiger charge is -2.18. The van der Waals surface area contributed by atoms with E-state index in [0.717, 1.165) is 96.3 Å². The monoisotopic (exact) mass is 1120 g/mol. The van der Waals surface area contributed by atoms with E-state index < -0.39 is 6.10 Å². The fourth-order valence-corrected chi connectivity index (χ4v) is 10.3. The number of unbranched alkanes of at least 4 members (excludes halogenated alkanes) is 41. The van der Waals surface area contributed by atoms with Crippen LogP contribution in [0.1, 0.15) is 361 Å². The molecule has 0 aromatic heterocycles. The standard InChI is InChI=1S/C74H132O6/c1-4-7-10-13-16-19-21-23-25-27-29-30-31-32-33-34-35-36-37-38-39-40-41-42-43-44-46-47-49-51-53-55-58-61-64-67-73(76)79-70-71(69-78-72(75)66-63-60-57-18-15-12-9-6-3)80-74(77)68-65-62-59-56-54-52-50-48-45-28-26-24-22-20-17-14-11-8-5-2/h7,10,16,19,23,25,29-30,32-33,35-36,71H,4-6,8-9,11-15,17-18,20-22,24,26-28,31,34,37-70H2,1-3H3/b10-7-,19-16-,25-23-,30-29-,33-32-,36-35-. The molecule has 0 rings (SSSR count). The summed E-state index contributed by atoms with van der Waals surface area (Å²) in [5.41, 5.74) is 0. The second-order valence-electron chi connectivity index (χ2n) is 23.4. The number of hydrogen-bond donors (Lipinski definition) is 0. The maximum atomic E-state index is 12.9. The average molecular weight is 1120 g/mol. The van der Waals surface area contributed by atoms with Crippen molar-refractivity contribution in [1.29, 1.82) is 0 Å². The topological polar surface area (TPSA) is 78.9 Å². The Bertz CT molecular complexity index is 1470. The largest absolute Gasteiger partial charge is 0.462 e. The zero-order valence-corrected chi connectivity index (χ0v) is 53.3. The van der Waals surface area contributed by atoms with Gasteiger partial charge in [-0.2, -0.15) is 0 Å². The molecular weight excluding hydrogens is 985 g/mol. The number of carbonyl (C=O) groups excluding carboxylic acids is 3. The molecule has 1 unspecified atom stereocenters. The van der Waals surface area contributed by atoms with Crippen LogP contribution in [0.15, 0.2) is 72.9 Å². The van der Waals surface area contributed by atoms with Crippen molar-refractivity contribution in [1.82, 2.24) is 0 Å². The van der Waals surface area contributed by atoms with Crippen molar-refractivity contribution in [3.05, 3.63) is 72.9 Å². The van der Waals surface area contributed by atoms with Gasteiger partial charge in [-0.3, -0.25) is 14.4 Å². The SMILES string of the molecule is CC/C=C\C/C=C\C/C=C\C/C=C\C/C=C\C/C=C\CCCCCCCCCCCCCCCCCCC(=O)OCC(COC(=O)CCCCCCCCCC)OC(=O)CCCCCCCCCCCCCCCCCCCCC. The van der Waals surface area contributed by atoms with Gasteiger partial charge in [0.05, 0.1) is 0 Å². The predicted octanol–water partition coefficient (Wildman–Crippen LogP) is 24.1. The minimum absolute atomic E-state index is 0.0681. The normalized spacial score (nSPS) is 12.5. The summed E-state index contributed by atoms with van der Waals surface area (Å²) in [6, 6.07) is 0. The van der Waals surface area contributed by atoms with Crippen LogP contribution in [0.4, 0.5) is 0 Å². The maximum absolute atomic E-state index is 12.9. The lowest BCUT2D eigenvalue weighted by molar-refractivity contribution is -0.167. The molecule has 0 fully saturated rings. The molecule has 0 aliphatic rings. The van der Waals surface area contributed by atoms with E-state index in [4.69, 9.17) is 14.2 Å². The number of ether oxygens (including phenoxy) is 3. The molecule has 0 spiro atoms. The summed E-state index contributed by atoms with van der Waals surface area (Å²) in [6.45, 7) is 6.55. The van der Waals surface area contributed by atoms with E-state index in [1.54, 1.807) is 0 Å². The maximum Gasteiger partial charge on any atom is 0.306 e. The lowest BCUT2D eigenvalue weighted by Crippen LogP contribution is -2.30. The molecule has 0 heterocycles. The van der Waals surface area contributed by atoms with E-state index in [1.165, 1.54) is 225 Å². The highest BCUT2D eigenvalue weighted by Gasteiger charge is 2.19. The zero-order chi connectivity index (χ0) is 57.8. The third kappa shape index (κ3) is 65.7. The summed E-state index contributed by atoms with van der Waals surface area (Å²) >= 11 is 0. The highest BCUT2D eigenvalue weighted by molar-refractivity contribution is 5.71. The first-order valence-electron chi connectivity index (χ1n) is 34.9. The number of hydrogen-bond acceptors (Lipinski definition) is 6. The Morgan fingerprint density at radius 2 is 0.487 bits per heavy atom. The van der Waals surface area contributed by atoms with Gasteiger partial charge in [-0.25, -0.2) is 0 Å². The summed E-state index contributed by atoms with van der Waals surface area (Å²) in [5, 5.41) is 0. The highest BCUT2D eigenvalue weighted by atomic mass is 16.6. The average Bonchev–Trinajstić information content (AvgIpc) is 3.46. The van der Waals surface area contributed by atoms with Crippen LogP contribution in [0.3, 0.4) is 0 Å². The van der Waals surface area contributed by atoms with Crippen molar-refractivity contribution in [2.45, 2.75) is 367 Å². The number of allylic oxidation sites excluding steroid dienone is 12. The lowest BCUT2D eigenvalue weighted by atomic mass is 10.0. The minimum atomic E-state index is -0.769. The Kier molecular flexibility index (Phi) is 65.7. The number of carbonyl (C=O) groups is 3. The van der Waals surface area contributed by atoms with Crippen LogP contribution in [-0.4, -0.2) is 37.2 Å². The molecular formula is C74H132O6. The van der Waals surface area contributed by atoms with Crippen LogP contribution >= 0.6 is 0 Å². The second-order valence-corrected chi connectivity index (χ2v) is 23.4. The van der Waals surface area contributed by atoms with Crippen LogP contribution in [0.25, 0.3) is 0 Å². The molecule has 0 aromatic carbocycles. The van der Waals surface area contributed by atoms with Crippen molar-refractivity contribution in [3.8, 4) is 0 Å². The molecule has 0 bridgehead atoms. The number of esters is 3. The minimum Gasteiger partial charge on any atom is -0.462 e. The Morgan fingerprint density at radius 1 is 0.263 bits per heavy atom. The zero-order valence-electron chi connectivity index (χ0n) is 53.3. The summed E-state index contributed by atoms with van der Waals surface area (Å²) in [5.74, 6) is -0.850. The second kappa shape index (κ2) is 68.3. The van der Waals surface area contributed by atoms with Crippen molar-refractivity contribution >= 4 is 17.9 Å². The summed E-state index contributed by atoms with van der Waals surface area (Å²) in [7, 11) is 0. The molecule has 0 saturated heterocycles. The summed E-state index contributed by atoms with van der Waals surface area (Å²) in [6.07, 6.45) is 89.5. The molecule has 0 amide bonds. The fourth-order valence-electron chi connectivity index (χ4n) is 10.3. The van der Waals surface area contributed by atoms with Gasteiger partial charge >= 0.3 is 17.9 Å². The van der Waals surface area contributed by atoms with E-state index in [2.05, 4.69) is 93.7 Å². The molecule has 0 aliphatic carbocycles. The first-order valence-corrected chi connectivity index (χ1v) is 34.9. The Balaban J connectivity index is 4.03. The first-order chi connectivity index (χ1) is 39.5. The Hall–Kier alpha value is -3.15. The summed E-state index contributed by atoms with van der Waals surface area (Å²) < 4.78 is 16.9. The smallest absolute Gasteiger partial charge is 0.306 e. The quantitative estimate of drug-likeness (QED) is 0.0261. The van der Waals surface area contributed by atoms with E-state index in [0.29, 0.717) is 19.3 Å². The molecule has 1 atom stereocenters. The van der Waals surface area contributed by atoms with Crippen LogP contribution < -0.4 is 0 Å². The molecule has 6 heteroatoms. The van der Waals surface area contributed by atoms with Gasteiger partial charge in [-0.1, -0.05) is 344 Å². The van der Waals surface area contributed by atoms with Crippen molar-refractivity contribution in [2.75, 3.05) is 13.2 Å². The van der Waals surface area contributed by atoms with Crippen molar-refractivity contribution < 1.29 is 28.6 Å². The van der Waals surface area contributed by atoms with Gasteiger partial charge in [0.15, 0.2) is 6.10 Å². The van der Waals surface area contributed by atoms with Gasteiger partial charge in [-0.15, -0.1) is 0 Å². The molecule has 464 valence electrons. The van der Waals surface area contributed by atoms with Gasteiger partial charge in [0.2, 0.25) is 0 Å². The van der Waals surface area contributed by atoms with Crippen molar-refractivity contribution in [3.63, 3.8) is 0 Å². The van der Waals surface area contributed by atoms with E-state index in [-0.39, 0.29) is 31.1 Å². The summed E-state index contributed by atoms with van der Waals surface area (Å²) in [4.78, 5) is 38.2. The van der Waals surface area contributed by atoms with Gasteiger partial charge in [-0.05, 0) is 70.6 Å². The van der Waals surface area contributed by atoms with Gasteiger partial charge in [0, 0.05) is 19.3 Å². The highest BCUT2D eigenvalue weighted by Crippen LogP contribution is 2.18. The molecule has 0 aromatic rings. The van der Waals surface area contributed by atoms with Crippen LogP contribution in [-0.2, 0) is 28.6 Å². The predicted molar refractivity (Wildman–Crippen MR) is 348 cm³/mol. The van der Waals surface area contributed by atoms with E-state index in [9.17, 15) is 14.4 Å². The Labute approximate surface area is 497 Å². The molecule has 0 N–H and O–H groups in total. The molecule has 0 radical (unpaired) electrons. The van der Waals surface area contributed by atoms with Crippen molar-refractivity contribution in [2.24, 2.45) is 0 Å². The van der Waals surface area contributed by atoms with Crippen LogP contribution in [0, 0.1) is 0 Å². The first kappa shape index (κ1) is 76.9.